The quantitative estimate of drug-likeness (QED) is 0.539. The third kappa shape index (κ3) is 2.84. The number of rotatable bonds is 3. The van der Waals surface area contributed by atoms with E-state index in [4.69, 9.17) is 8.92 Å². The van der Waals surface area contributed by atoms with Crippen molar-refractivity contribution in [2.24, 2.45) is 0 Å². The van der Waals surface area contributed by atoms with E-state index in [9.17, 15) is 8.42 Å². The third-order valence-electron chi connectivity index (χ3n) is 6.38. The molecule has 0 fully saturated rings. The van der Waals surface area contributed by atoms with Gasteiger partial charge in [-0.2, -0.15) is 8.42 Å². The standard InChI is InChI=1S/C25H26N2O4S/c1-16(2)27(5)18-11-13-20-23(15-18)30-22-14-17(26(3)4)10-12-19(22)25(20)21-8-6-7-9-24(21)32(28,29)31-25/h6-16H,1-5H3. The van der Waals surface area contributed by atoms with Crippen LogP contribution < -0.4 is 14.5 Å². The van der Waals surface area contributed by atoms with Gasteiger partial charge in [0.1, 0.15) is 16.4 Å². The number of ether oxygens (including phenoxy) is 1. The molecule has 3 aromatic rings. The van der Waals surface area contributed by atoms with Crippen LogP contribution in [0.3, 0.4) is 0 Å². The SMILES string of the molecule is CC(C)N(C)c1ccc2c(c1)Oc1cc(N(C)C)ccc1C21OS(=O)(=O)c2ccccc21. The molecule has 2 heterocycles. The Kier molecular flexibility index (Phi) is 4.55. The van der Waals surface area contributed by atoms with Crippen molar-refractivity contribution in [1.29, 1.82) is 0 Å². The Morgan fingerprint density at radius 1 is 0.812 bits per heavy atom. The lowest BCUT2D eigenvalue weighted by Gasteiger charge is -2.37. The van der Waals surface area contributed by atoms with E-state index >= 15 is 0 Å². The van der Waals surface area contributed by atoms with Crippen LogP contribution in [0.25, 0.3) is 0 Å². The van der Waals surface area contributed by atoms with Crippen molar-refractivity contribution in [3.8, 4) is 11.5 Å². The van der Waals surface area contributed by atoms with E-state index in [1.807, 2.05) is 74.6 Å². The second-order valence-corrected chi connectivity index (χ2v) is 10.3. The first kappa shape index (κ1) is 20.8. The predicted octanol–water partition coefficient (Wildman–Crippen LogP) is 4.71. The van der Waals surface area contributed by atoms with Crippen LogP contribution in [0.2, 0.25) is 0 Å². The zero-order valence-corrected chi connectivity index (χ0v) is 19.6. The van der Waals surface area contributed by atoms with E-state index in [0.29, 0.717) is 34.2 Å². The van der Waals surface area contributed by atoms with Gasteiger partial charge in [0.05, 0.1) is 0 Å². The molecule has 7 heteroatoms. The van der Waals surface area contributed by atoms with Crippen LogP contribution in [0.4, 0.5) is 11.4 Å². The Bertz CT molecular complexity index is 1330. The molecule has 2 aliphatic heterocycles. The summed E-state index contributed by atoms with van der Waals surface area (Å²) in [6.45, 7) is 4.23. The summed E-state index contributed by atoms with van der Waals surface area (Å²) >= 11 is 0. The molecule has 2 aliphatic rings. The second kappa shape index (κ2) is 6.98. The van der Waals surface area contributed by atoms with E-state index < -0.39 is 15.7 Å². The van der Waals surface area contributed by atoms with Gasteiger partial charge in [0.25, 0.3) is 10.1 Å². The zero-order chi connectivity index (χ0) is 22.8. The van der Waals surface area contributed by atoms with Crippen molar-refractivity contribution in [1.82, 2.24) is 0 Å². The summed E-state index contributed by atoms with van der Waals surface area (Å²) in [7, 11) is 1.99. The lowest BCUT2D eigenvalue weighted by Crippen LogP contribution is -2.33. The van der Waals surface area contributed by atoms with Crippen LogP contribution >= 0.6 is 0 Å². The maximum Gasteiger partial charge on any atom is 0.298 e. The highest BCUT2D eigenvalue weighted by molar-refractivity contribution is 7.87. The Morgan fingerprint density at radius 2 is 1.41 bits per heavy atom. The number of nitrogens with zero attached hydrogens (tertiary/aromatic N) is 2. The van der Waals surface area contributed by atoms with E-state index in [1.165, 1.54) is 0 Å². The molecule has 3 aromatic carbocycles. The summed E-state index contributed by atoms with van der Waals surface area (Å²) in [5, 5.41) is 0. The maximum atomic E-state index is 13.1. The van der Waals surface area contributed by atoms with Gasteiger partial charge in [-0.25, -0.2) is 4.18 Å². The molecule has 0 saturated carbocycles. The van der Waals surface area contributed by atoms with Crippen molar-refractivity contribution in [2.45, 2.75) is 30.4 Å². The largest absolute Gasteiger partial charge is 0.456 e. The fraction of sp³-hybridized carbons (Fsp3) is 0.280. The van der Waals surface area contributed by atoms with E-state index in [1.54, 1.807) is 12.1 Å². The molecule has 1 spiro atoms. The molecule has 32 heavy (non-hydrogen) atoms. The number of benzene rings is 3. The summed E-state index contributed by atoms with van der Waals surface area (Å²) in [6.07, 6.45) is 0. The summed E-state index contributed by atoms with van der Waals surface area (Å²) in [6, 6.07) is 18.9. The van der Waals surface area contributed by atoms with Gasteiger partial charge < -0.3 is 14.5 Å². The molecular formula is C25H26N2O4S. The number of hydrogen-bond donors (Lipinski definition) is 0. The normalized spacial score (nSPS) is 19.8. The van der Waals surface area contributed by atoms with E-state index in [0.717, 1.165) is 11.4 Å². The smallest absolute Gasteiger partial charge is 0.298 e. The first-order valence-electron chi connectivity index (χ1n) is 10.6. The van der Waals surface area contributed by atoms with Gasteiger partial charge in [-0.15, -0.1) is 0 Å². The van der Waals surface area contributed by atoms with Crippen molar-refractivity contribution >= 4 is 21.5 Å². The molecule has 0 aromatic heterocycles. The lowest BCUT2D eigenvalue weighted by molar-refractivity contribution is 0.164. The van der Waals surface area contributed by atoms with Gasteiger partial charge in [-0.1, -0.05) is 18.2 Å². The highest BCUT2D eigenvalue weighted by atomic mass is 32.2. The molecule has 0 bridgehead atoms. The van der Waals surface area contributed by atoms with Crippen molar-refractivity contribution < 1.29 is 17.3 Å². The van der Waals surface area contributed by atoms with Crippen LogP contribution in [0.1, 0.15) is 30.5 Å². The average molecular weight is 451 g/mol. The molecule has 0 aliphatic carbocycles. The van der Waals surface area contributed by atoms with Crippen LogP contribution in [0.5, 0.6) is 11.5 Å². The van der Waals surface area contributed by atoms with Gasteiger partial charge in [-0.05, 0) is 44.2 Å². The van der Waals surface area contributed by atoms with Crippen LogP contribution in [-0.2, 0) is 19.9 Å². The minimum Gasteiger partial charge on any atom is -0.456 e. The summed E-state index contributed by atoms with van der Waals surface area (Å²) in [4.78, 5) is 4.32. The summed E-state index contributed by atoms with van der Waals surface area (Å²) in [5.41, 5.74) is 2.60. The third-order valence-corrected chi connectivity index (χ3v) is 7.74. The second-order valence-electron chi connectivity index (χ2n) is 8.78. The molecule has 166 valence electrons. The Morgan fingerprint density at radius 3 is 2.03 bits per heavy atom. The first-order valence-corrected chi connectivity index (χ1v) is 12.0. The molecular weight excluding hydrogens is 424 g/mol. The zero-order valence-electron chi connectivity index (χ0n) is 18.8. The number of hydrogen-bond acceptors (Lipinski definition) is 6. The molecule has 0 amide bonds. The Balaban J connectivity index is 1.83. The van der Waals surface area contributed by atoms with Gasteiger partial charge in [0, 0.05) is 67.4 Å². The fourth-order valence-corrected chi connectivity index (χ4v) is 5.86. The summed E-state index contributed by atoms with van der Waals surface area (Å²) < 4.78 is 38.6. The average Bonchev–Trinajstić information content (AvgIpc) is 3.00. The molecule has 6 nitrogen and oxygen atoms in total. The lowest BCUT2D eigenvalue weighted by atomic mass is 9.78. The minimum atomic E-state index is -3.94. The number of fused-ring (bicyclic) bond motifs is 6. The van der Waals surface area contributed by atoms with Gasteiger partial charge in [0.15, 0.2) is 5.60 Å². The molecule has 5 rings (SSSR count). The topological polar surface area (TPSA) is 59.1 Å². The number of anilines is 2. The van der Waals surface area contributed by atoms with Crippen molar-refractivity contribution in [3.63, 3.8) is 0 Å². The Labute approximate surface area is 189 Å². The Hall–Kier alpha value is -3.03. The molecule has 0 N–H and O–H groups in total. The highest BCUT2D eigenvalue weighted by Crippen LogP contribution is 2.58. The van der Waals surface area contributed by atoms with Crippen molar-refractivity contribution in [3.05, 3.63) is 77.4 Å². The van der Waals surface area contributed by atoms with Crippen molar-refractivity contribution in [2.75, 3.05) is 30.9 Å². The van der Waals surface area contributed by atoms with E-state index in [2.05, 4.69) is 18.7 Å². The minimum absolute atomic E-state index is 0.193. The van der Waals surface area contributed by atoms with Gasteiger partial charge in [0.2, 0.25) is 0 Å². The van der Waals surface area contributed by atoms with E-state index in [-0.39, 0.29) is 4.90 Å². The van der Waals surface area contributed by atoms with Gasteiger partial charge >= 0.3 is 0 Å². The molecule has 0 radical (unpaired) electrons. The fourth-order valence-electron chi connectivity index (χ4n) is 4.44. The molecule has 1 atom stereocenters. The van der Waals surface area contributed by atoms with Crippen LogP contribution in [0.15, 0.2) is 65.6 Å². The monoisotopic (exact) mass is 450 g/mol. The highest BCUT2D eigenvalue weighted by Gasteiger charge is 2.55. The maximum absolute atomic E-state index is 13.1. The first-order chi connectivity index (χ1) is 15.1. The summed E-state index contributed by atoms with van der Waals surface area (Å²) in [5.74, 6) is 1.17. The molecule has 1 unspecified atom stereocenters. The molecule has 0 saturated heterocycles. The predicted molar refractivity (Wildman–Crippen MR) is 125 cm³/mol. The van der Waals surface area contributed by atoms with Crippen LogP contribution in [-0.4, -0.2) is 35.6 Å². The van der Waals surface area contributed by atoms with Gasteiger partial charge in [-0.3, -0.25) is 0 Å². The van der Waals surface area contributed by atoms with Crippen LogP contribution in [0, 0.1) is 0 Å².